The minimum Gasteiger partial charge on any atom is -0.462 e. The number of esters is 4. The van der Waals surface area contributed by atoms with E-state index in [0.717, 1.165) is 108 Å². The van der Waals surface area contributed by atoms with Crippen LogP contribution in [0.1, 0.15) is 376 Å². The monoisotopic (exact) mass is 1370 g/mol. The molecule has 0 bridgehead atoms. The molecule has 0 heterocycles. The molecule has 3 N–H and O–H groups in total. The Morgan fingerprint density at radius 2 is 0.495 bits per heavy atom. The Morgan fingerprint density at radius 3 is 0.731 bits per heavy atom. The van der Waals surface area contributed by atoms with Crippen LogP contribution >= 0.6 is 15.6 Å². The molecule has 0 rings (SSSR count). The molecule has 0 aromatic heterocycles. The minimum atomic E-state index is -4.96. The maximum absolute atomic E-state index is 13.1. The van der Waals surface area contributed by atoms with Crippen molar-refractivity contribution in [3.05, 3.63) is 0 Å². The number of aliphatic hydroxyl groups excluding tert-OH is 1. The van der Waals surface area contributed by atoms with Gasteiger partial charge in [0.2, 0.25) is 0 Å². The summed E-state index contributed by atoms with van der Waals surface area (Å²) in [4.78, 5) is 72.7. The van der Waals surface area contributed by atoms with Gasteiger partial charge < -0.3 is 33.8 Å². The molecule has 93 heavy (non-hydrogen) atoms. The zero-order valence-corrected chi connectivity index (χ0v) is 62.5. The van der Waals surface area contributed by atoms with Crippen LogP contribution in [0.15, 0.2) is 0 Å². The smallest absolute Gasteiger partial charge is 0.462 e. The zero-order chi connectivity index (χ0) is 68.7. The third-order valence-corrected chi connectivity index (χ3v) is 19.0. The number of unbranched alkanes of at least 4 members (excludes halogenated alkanes) is 40. The summed E-state index contributed by atoms with van der Waals surface area (Å²) in [5.41, 5.74) is 0. The normalized spacial score (nSPS) is 14.1. The molecule has 0 saturated heterocycles. The molecule has 0 aliphatic heterocycles. The maximum atomic E-state index is 13.1. The molecule has 19 heteroatoms. The topological polar surface area (TPSA) is 237 Å². The van der Waals surface area contributed by atoms with Crippen LogP contribution in [-0.4, -0.2) is 96.7 Å². The summed E-state index contributed by atoms with van der Waals surface area (Å²) in [6.07, 6.45) is 50.1. The van der Waals surface area contributed by atoms with Crippen LogP contribution in [-0.2, 0) is 65.4 Å². The van der Waals surface area contributed by atoms with Crippen LogP contribution < -0.4 is 0 Å². The van der Waals surface area contributed by atoms with Gasteiger partial charge in [0.1, 0.15) is 19.3 Å². The molecule has 17 nitrogen and oxygen atoms in total. The van der Waals surface area contributed by atoms with Gasteiger partial charge in [-0.05, 0) is 43.4 Å². The summed E-state index contributed by atoms with van der Waals surface area (Å²) in [6.45, 7) is 11.8. The fraction of sp³-hybridized carbons (Fsp3) is 0.946. The van der Waals surface area contributed by atoms with Crippen LogP contribution in [0.25, 0.3) is 0 Å². The predicted molar refractivity (Wildman–Crippen MR) is 377 cm³/mol. The summed E-state index contributed by atoms with van der Waals surface area (Å²) in [5, 5.41) is 10.6. The molecule has 0 radical (unpaired) electrons. The lowest BCUT2D eigenvalue weighted by atomic mass is 10.0. The van der Waals surface area contributed by atoms with Crippen molar-refractivity contribution in [2.75, 3.05) is 39.6 Å². The fourth-order valence-electron chi connectivity index (χ4n) is 11.2. The number of rotatable bonds is 72. The van der Waals surface area contributed by atoms with Crippen molar-refractivity contribution in [3.63, 3.8) is 0 Å². The van der Waals surface area contributed by atoms with Crippen LogP contribution in [0, 0.1) is 17.8 Å². The Morgan fingerprint density at radius 1 is 0.290 bits per heavy atom. The van der Waals surface area contributed by atoms with Crippen molar-refractivity contribution >= 4 is 39.5 Å². The van der Waals surface area contributed by atoms with Crippen molar-refractivity contribution in [2.45, 2.75) is 394 Å². The number of hydrogen-bond donors (Lipinski definition) is 3. The highest BCUT2D eigenvalue weighted by Gasteiger charge is 2.30. The second-order valence-electron chi connectivity index (χ2n) is 28.1. The van der Waals surface area contributed by atoms with Gasteiger partial charge in [-0.2, -0.15) is 0 Å². The van der Waals surface area contributed by atoms with E-state index in [1.165, 1.54) is 180 Å². The molecular weight excluding hydrogens is 1220 g/mol. The lowest BCUT2D eigenvalue weighted by molar-refractivity contribution is -0.161. The Kier molecular flexibility index (Phi) is 63.4. The van der Waals surface area contributed by atoms with E-state index in [1.807, 2.05) is 0 Å². The summed E-state index contributed by atoms with van der Waals surface area (Å²) in [6, 6.07) is 0. The maximum Gasteiger partial charge on any atom is 0.472 e. The predicted octanol–water partition coefficient (Wildman–Crippen LogP) is 21.4. The number of aliphatic hydroxyl groups is 1. The molecule has 552 valence electrons. The molecule has 0 aromatic rings. The summed E-state index contributed by atoms with van der Waals surface area (Å²) >= 11 is 0. The van der Waals surface area contributed by atoms with Crippen LogP contribution in [0.5, 0.6) is 0 Å². The van der Waals surface area contributed by atoms with E-state index in [9.17, 15) is 43.2 Å². The molecule has 0 fully saturated rings. The van der Waals surface area contributed by atoms with E-state index in [-0.39, 0.29) is 25.7 Å². The second kappa shape index (κ2) is 64.7. The molecule has 5 atom stereocenters. The largest absolute Gasteiger partial charge is 0.472 e. The van der Waals surface area contributed by atoms with E-state index in [0.29, 0.717) is 31.6 Å². The fourth-order valence-corrected chi connectivity index (χ4v) is 12.8. The third kappa shape index (κ3) is 68.4. The van der Waals surface area contributed by atoms with Gasteiger partial charge in [0, 0.05) is 25.7 Å². The van der Waals surface area contributed by atoms with Crippen molar-refractivity contribution < 1.29 is 80.2 Å². The third-order valence-electron chi connectivity index (χ3n) is 17.1. The lowest BCUT2D eigenvalue weighted by Gasteiger charge is -2.21. The average molecular weight is 1370 g/mol. The number of phosphoric ester groups is 2. The van der Waals surface area contributed by atoms with Crippen molar-refractivity contribution in [1.82, 2.24) is 0 Å². The van der Waals surface area contributed by atoms with E-state index < -0.39 is 97.5 Å². The Balaban J connectivity index is 5.23. The highest BCUT2D eigenvalue weighted by Crippen LogP contribution is 2.45. The van der Waals surface area contributed by atoms with Gasteiger partial charge >= 0.3 is 39.5 Å². The van der Waals surface area contributed by atoms with Crippen molar-refractivity contribution in [2.24, 2.45) is 17.8 Å². The van der Waals surface area contributed by atoms with E-state index >= 15 is 0 Å². The first-order chi connectivity index (χ1) is 44.7. The summed E-state index contributed by atoms with van der Waals surface area (Å²) in [5.74, 6) is 0.0963. The zero-order valence-electron chi connectivity index (χ0n) is 60.7. The molecule has 0 spiro atoms. The molecule has 0 aliphatic carbocycles. The van der Waals surface area contributed by atoms with Crippen LogP contribution in [0.3, 0.4) is 0 Å². The first-order valence-corrected chi connectivity index (χ1v) is 41.3. The number of carbonyl (C=O) groups excluding carboxylic acids is 4. The van der Waals surface area contributed by atoms with Gasteiger partial charge in [-0.1, -0.05) is 325 Å². The van der Waals surface area contributed by atoms with Crippen molar-refractivity contribution in [3.8, 4) is 0 Å². The first-order valence-electron chi connectivity index (χ1n) is 38.3. The molecule has 0 amide bonds. The first kappa shape index (κ1) is 91.1. The van der Waals surface area contributed by atoms with Gasteiger partial charge in [0.15, 0.2) is 12.2 Å². The SMILES string of the molecule is CCCCCCCCCCCCCCCCC(=O)OC[C@H](COP(=O)(O)OC[C@@H](O)COP(=O)(O)OC[C@@H](COC(=O)CCCCCCCCC(C)C)OC(=O)CCCCCCCCCCCC(C)C)OC(=O)CCCCCCCCCCCCCCCCCC(C)C. The Labute approximate surface area is 568 Å². The van der Waals surface area contributed by atoms with Crippen molar-refractivity contribution in [1.29, 1.82) is 0 Å². The highest BCUT2D eigenvalue weighted by atomic mass is 31.2. The number of ether oxygens (including phenoxy) is 4. The quantitative estimate of drug-likeness (QED) is 0.0222. The Bertz CT molecular complexity index is 1820. The molecule has 0 saturated carbocycles. The van der Waals surface area contributed by atoms with Gasteiger partial charge in [0.05, 0.1) is 26.4 Å². The highest BCUT2D eigenvalue weighted by molar-refractivity contribution is 7.47. The van der Waals surface area contributed by atoms with E-state index in [1.54, 1.807) is 0 Å². The molecule has 2 unspecified atom stereocenters. The average Bonchev–Trinajstić information content (AvgIpc) is 1.36. The molecular formula is C74H144O17P2. The summed E-state index contributed by atoms with van der Waals surface area (Å²) in [7, 11) is -9.91. The lowest BCUT2D eigenvalue weighted by Crippen LogP contribution is -2.30. The van der Waals surface area contributed by atoms with Crippen LogP contribution in [0.4, 0.5) is 0 Å². The van der Waals surface area contributed by atoms with E-state index in [4.69, 9.17) is 37.0 Å². The van der Waals surface area contributed by atoms with Gasteiger partial charge in [0.25, 0.3) is 0 Å². The molecule has 0 aliphatic rings. The minimum absolute atomic E-state index is 0.104. The van der Waals surface area contributed by atoms with Gasteiger partial charge in [-0.15, -0.1) is 0 Å². The van der Waals surface area contributed by atoms with Gasteiger partial charge in [-0.3, -0.25) is 37.3 Å². The van der Waals surface area contributed by atoms with E-state index in [2.05, 4.69) is 48.5 Å². The number of hydrogen-bond acceptors (Lipinski definition) is 15. The summed E-state index contributed by atoms with van der Waals surface area (Å²) < 4.78 is 68.4. The van der Waals surface area contributed by atoms with Crippen LogP contribution in [0.2, 0.25) is 0 Å². The number of carbonyl (C=O) groups is 4. The number of phosphoric acid groups is 2. The second-order valence-corrected chi connectivity index (χ2v) is 31.0. The molecule has 0 aromatic carbocycles. The standard InChI is InChI=1S/C74H144O17P2/c1-8-9-10-11-12-13-14-15-20-23-28-33-41-48-55-71(76)84-61-69(90-73(78)57-50-43-34-29-24-21-18-16-17-19-22-26-31-38-45-52-65(2)3)63-88-92(80,81)86-59-68(75)60-87-93(82,83)89-64-70(62-85-72(77)56-49-42-37-36-40-47-54-67(6)7)91-74(79)58-51-44-35-30-25-27-32-39-46-53-66(4)5/h65-70,75H,8-64H2,1-7H3,(H,80,81)(H,82,83)/t68-,69-,70-/m1/s1. The Hall–Kier alpha value is -1.94. The van der Waals surface area contributed by atoms with Gasteiger partial charge in [-0.25, -0.2) is 9.13 Å².